The molecule has 0 bridgehead atoms. The highest BCUT2D eigenvalue weighted by molar-refractivity contribution is 7.93. The number of nitrogens with zero attached hydrogens (tertiary/aromatic N) is 1. The van der Waals surface area contributed by atoms with Crippen molar-refractivity contribution in [2.24, 2.45) is 0 Å². The zero-order valence-corrected chi connectivity index (χ0v) is 20.9. The first-order chi connectivity index (χ1) is 17.2. The van der Waals surface area contributed by atoms with Gasteiger partial charge in [-0.25, -0.2) is 8.42 Å². The van der Waals surface area contributed by atoms with Crippen molar-refractivity contribution in [1.29, 1.82) is 0 Å². The summed E-state index contributed by atoms with van der Waals surface area (Å²) in [5, 5.41) is 2.43. The van der Waals surface area contributed by atoms with Crippen LogP contribution in [0.25, 0.3) is 21.7 Å². The van der Waals surface area contributed by atoms with E-state index >= 15 is 0 Å². The minimum atomic E-state index is -4.36. The predicted octanol–water partition coefficient (Wildman–Crippen LogP) is 6.79. The number of hydrogen-bond acceptors (Lipinski definition) is 5. The molecule has 1 heterocycles. The first-order valence-corrected chi connectivity index (χ1v) is 12.9. The number of Topliss-reactive ketones (excluding diaryl/α,β-unsaturated/α-hetero) is 1. The highest BCUT2D eigenvalue weighted by Gasteiger charge is 2.33. The van der Waals surface area contributed by atoms with E-state index < -0.39 is 15.9 Å². The number of rotatable bonds is 5. The second-order valence-electron chi connectivity index (χ2n) is 8.36. The standard InChI is InChI=1S/C28H20ClNO5S/c1-17(31)27-18(2)35-26-14-12-23(16-25(26)27)30(28(32)20-7-10-22(29)11-8-20)36(33,34)24-13-9-19-5-3-4-6-21(19)15-24/h3-16H,1-2H3. The van der Waals surface area contributed by atoms with Gasteiger partial charge in [-0.2, -0.15) is 4.31 Å². The second kappa shape index (κ2) is 8.93. The minimum absolute atomic E-state index is 0.0428. The number of halogens is 1. The summed E-state index contributed by atoms with van der Waals surface area (Å²) >= 11 is 5.98. The normalized spacial score (nSPS) is 11.6. The van der Waals surface area contributed by atoms with E-state index in [1.807, 2.05) is 18.2 Å². The Hall–Kier alpha value is -3.94. The van der Waals surface area contributed by atoms with E-state index in [1.165, 1.54) is 55.5 Å². The van der Waals surface area contributed by atoms with Gasteiger partial charge in [0.05, 0.1) is 16.1 Å². The molecule has 0 unspecified atom stereocenters. The molecule has 6 nitrogen and oxygen atoms in total. The fourth-order valence-corrected chi connectivity index (χ4v) is 5.85. The van der Waals surface area contributed by atoms with Crippen LogP contribution in [-0.2, 0) is 10.0 Å². The van der Waals surface area contributed by atoms with Crippen LogP contribution < -0.4 is 4.31 Å². The third-order valence-electron chi connectivity index (χ3n) is 5.97. The van der Waals surface area contributed by atoms with Crippen LogP contribution in [0.2, 0.25) is 5.02 Å². The number of hydrogen-bond donors (Lipinski definition) is 0. The molecule has 36 heavy (non-hydrogen) atoms. The lowest BCUT2D eigenvalue weighted by Crippen LogP contribution is -2.37. The van der Waals surface area contributed by atoms with Crippen molar-refractivity contribution in [3.63, 3.8) is 0 Å². The Balaban J connectivity index is 1.74. The fourth-order valence-electron chi connectivity index (χ4n) is 4.28. The average molecular weight is 518 g/mol. The van der Waals surface area contributed by atoms with Gasteiger partial charge < -0.3 is 4.42 Å². The Morgan fingerprint density at radius 1 is 0.861 bits per heavy atom. The maximum atomic E-state index is 14.0. The quantitative estimate of drug-likeness (QED) is 0.240. The predicted molar refractivity (Wildman–Crippen MR) is 140 cm³/mol. The summed E-state index contributed by atoms with van der Waals surface area (Å²) in [6.45, 7) is 3.07. The minimum Gasteiger partial charge on any atom is -0.461 e. The summed E-state index contributed by atoms with van der Waals surface area (Å²) in [5.41, 5.74) is 0.982. The second-order valence-corrected chi connectivity index (χ2v) is 10.6. The van der Waals surface area contributed by atoms with Gasteiger partial charge in [0.1, 0.15) is 11.3 Å². The van der Waals surface area contributed by atoms with E-state index in [1.54, 1.807) is 25.1 Å². The van der Waals surface area contributed by atoms with Gasteiger partial charge >= 0.3 is 0 Å². The SMILES string of the molecule is CC(=O)c1c(C)oc2ccc(N(C(=O)c3ccc(Cl)cc3)S(=O)(=O)c3ccc4ccccc4c3)cc12. The molecule has 0 fully saturated rings. The van der Waals surface area contributed by atoms with Crippen molar-refractivity contribution >= 4 is 60.7 Å². The van der Waals surface area contributed by atoms with Crippen molar-refractivity contribution < 1.29 is 22.4 Å². The van der Waals surface area contributed by atoms with E-state index in [0.29, 0.717) is 27.3 Å². The van der Waals surface area contributed by atoms with Gasteiger partial charge in [0, 0.05) is 16.0 Å². The Morgan fingerprint density at radius 2 is 1.56 bits per heavy atom. The van der Waals surface area contributed by atoms with Crippen LogP contribution in [0.3, 0.4) is 0 Å². The first kappa shape index (κ1) is 23.8. The van der Waals surface area contributed by atoms with Gasteiger partial charge in [-0.3, -0.25) is 9.59 Å². The number of carbonyl (C=O) groups excluding carboxylic acids is 2. The largest absolute Gasteiger partial charge is 0.461 e. The Morgan fingerprint density at radius 3 is 2.25 bits per heavy atom. The highest BCUT2D eigenvalue weighted by atomic mass is 35.5. The fraction of sp³-hybridized carbons (Fsp3) is 0.0714. The molecule has 0 atom stereocenters. The van der Waals surface area contributed by atoms with Crippen LogP contribution >= 0.6 is 11.6 Å². The molecule has 180 valence electrons. The third-order valence-corrected chi connectivity index (χ3v) is 7.93. The van der Waals surface area contributed by atoms with Crippen LogP contribution in [0, 0.1) is 6.92 Å². The summed E-state index contributed by atoms with van der Waals surface area (Å²) in [4.78, 5) is 26.0. The van der Waals surface area contributed by atoms with Crippen LogP contribution in [-0.4, -0.2) is 20.1 Å². The van der Waals surface area contributed by atoms with Crippen LogP contribution in [0.4, 0.5) is 5.69 Å². The van der Waals surface area contributed by atoms with Crippen molar-refractivity contribution in [3.8, 4) is 0 Å². The van der Waals surface area contributed by atoms with Crippen LogP contribution in [0.15, 0.2) is 94.2 Å². The molecule has 0 saturated heterocycles. The molecule has 4 aromatic carbocycles. The molecule has 0 aliphatic rings. The molecule has 0 radical (unpaired) electrons. The molecule has 0 N–H and O–H groups in total. The monoisotopic (exact) mass is 517 g/mol. The number of carbonyl (C=O) groups is 2. The number of furan rings is 1. The molecule has 8 heteroatoms. The molecule has 1 aromatic heterocycles. The summed E-state index contributed by atoms with van der Waals surface area (Å²) in [6.07, 6.45) is 0. The lowest BCUT2D eigenvalue weighted by molar-refractivity contribution is 0.1000. The topological polar surface area (TPSA) is 84.7 Å². The van der Waals surface area contributed by atoms with Crippen LogP contribution in [0.1, 0.15) is 33.4 Å². The molecule has 5 rings (SSSR count). The Labute approximate surface area is 212 Å². The van der Waals surface area contributed by atoms with Gasteiger partial charge in [-0.1, -0.05) is 41.9 Å². The van der Waals surface area contributed by atoms with E-state index in [0.717, 1.165) is 15.1 Å². The Kier molecular flexibility index (Phi) is 5.90. The summed E-state index contributed by atoms with van der Waals surface area (Å²) in [7, 11) is -4.36. The molecule has 0 aliphatic heterocycles. The van der Waals surface area contributed by atoms with Crippen molar-refractivity contribution in [2.45, 2.75) is 18.7 Å². The smallest absolute Gasteiger partial charge is 0.272 e. The number of benzene rings is 4. The van der Waals surface area contributed by atoms with Gasteiger partial charge in [0.2, 0.25) is 0 Å². The number of aryl methyl sites for hydroxylation is 1. The summed E-state index contributed by atoms with van der Waals surface area (Å²) in [6, 6.07) is 22.6. The molecule has 0 saturated carbocycles. The third kappa shape index (κ3) is 4.06. The maximum Gasteiger partial charge on any atom is 0.272 e. The van der Waals surface area contributed by atoms with E-state index in [2.05, 4.69) is 0 Å². The number of sulfonamides is 1. The first-order valence-electron chi connectivity index (χ1n) is 11.0. The van der Waals surface area contributed by atoms with Crippen molar-refractivity contribution in [3.05, 3.63) is 107 Å². The number of anilines is 1. The molecular formula is C28H20ClNO5S. The molecule has 0 aliphatic carbocycles. The van der Waals surface area contributed by atoms with Gasteiger partial charge in [-0.05, 0) is 79.2 Å². The molecular weight excluding hydrogens is 498 g/mol. The summed E-state index contributed by atoms with van der Waals surface area (Å²) in [5.74, 6) is -0.567. The van der Waals surface area contributed by atoms with Gasteiger partial charge in [0.25, 0.3) is 15.9 Å². The van der Waals surface area contributed by atoms with E-state index in [-0.39, 0.29) is 21.9 Å². The zero-order valence-electron chi connectivity index (χ0n) is 19.4. The van der Waals surface area contributed by atoms with E-state index in [4.69, 9.17) is 16.0 Å². The number of amides is 1. The lowest BCUT2D eigenvalue weighted by Gasteiger charge is -2.23. The molecule has 5 aromatic rings. The lowest BCUT2D eigenvalue weighted by atomic mass is 10.1. The Bertz CT molecular complexity index is 1770. The number of fused-ring (bicyclic) bond motifs is 2. The van der Waals surface area contributed by atoms with Crippen molar-refractivity contribution in [1.82, 2.24) is 0 Å². The maximum absolute atomic E-state index is 14.0. The van der Waals surface area contributed by atoms with Crippen molar-refractivity contribution in [2.75, 3.05) is 4.31 Å². The highest BCUT2D eigenvalue weighted by Crippen LogP contribution is 2.34. The van der Waals surface area contributed by atoms with Gasteiger partial charge in [0.15, 0.2) is 5.78 Å². The van der Waals surface area contributed by atoms with Crippen LogP contribution in [0.5, 0.6) is 0 Å². The molecule has 0 spiro atoms. The average Bonchev–Trinajstić information content (AvgIpc) is 3.19. The number of ketones is 1. The molecule has 1 amide bonds. The zero-order chi connectivity index (χ0) is 25.6. The summed E-state index contributed by atoms with van der Waals surface area (Å²) < 4.78 is 34.5. The van der Waals surface area contributed by atoms with E-state index in [9.17, 15) is 18.0 Å². The van der Waals surface area contributed by atoms with Gasteiger partial charge in [-0.15, -0.1) is 0 Å².